The van der Waals surface area contributed by atoms with Gasteiger partial charge in [-0.15, -0.1) is 0 Å². The highest BCUT2D eigenvalue weighted by Gasteiger charge is 2.38. The zero-order valence-electron chi connectivity index (χ0n) is 10.5. The molecule has 2 atom stereocenters. The SMILES string of the molecule is BC(O)(O)C1CC(CO)C(c2ccc(F)cc2)=NO1. The Morgan fingerprint density at radius 2 is 2.00 bits per heavy atom. The Morgan fingerprint density at radius 3 is 2.53 bits per heavy atom. The Kier molecular flexibility index (Phi) is 3.89. The molecule has 0 saturated carbocycles. The van der Waals surface area contributed by atoms with Crippen molar-refractivity contribution in [1.29, 1.82) is 0 Å². The standard InChI is InChI=1S/C12H15BFNO4/c13-12(17,18)10-5-8(6-16)11(15-19-10)7-1-3-9(14)4-2-7/h1-4,8,10,16-18H,5-6,13H2. The Balaban J connectivity index is 2.25. The van der Waals surface area contributed by atoms with Gasteiger partial charge in [-0.2, -0.15) is 0 Å². The van der Waals surface area contributed by atoms with E-state index in [1.807, 2.05) is 0 Å². The van der Waals surface area contributed by atoms with Crippen LogP contribution in [0.2, 0.25) is 0 Å². The van der Waals surface area contributed by atoms with Gasteiger partial charge in [-0.25, -0.2) is 4.39 Å². The van der Waals surface area contributed by atoms with Gasteiger partial charge in [-0.05, 0) is 17.7 Å². The molecule has 0 saturated heterocycles. The van der Waals surface area contributed by atoms with Gasteiger partial charge < -0.3 is 20.2 Å². The summed E-state index contributed by atoms with van der Waals surface area (Å²) in [5.41, 5.74) is -0.912. The number of hydrogen-bond donors (Lipinski definition) is 3. The highest BCUT2D eigenvalue weighted by Crippen LogP contribution is 2.26. The molecule has 7 heteroatoms. The maximum absolute atomic E-state index is 12.9. The molecule has 2 unspecified atom stereocenters. The van der Waals surface area contributed by atoms with Crippen molar-refractivity contribution in [3.05, 3.63) is 35.6 Å². The minimum absolute atomic E-state index is 0.202. The number of aliphatic hydroxyl groups is 3. The van der Waals surface area contributed by atoms with Crippen LogP contribution in [-0.2, 0) is 4.84 Å². The molecule has 0 aromatic heterocycles. The van der Waals surface area contributed by atoms with E-state index in [1.165, 1.54) is 32.1 Å². The molecule has 0 spiro atoms. The van der Waals surface area contributed by atoms with Gasteiger partial charge in [0.2, 0.25) is 0 Å². The van der Waals surface area contributed by atoms with Gasteiger partial charge in [-0.3, -0.25) is 0 Å². The first kappa shape index (κ1) is 14.0. The van der Waals surface area contributed by atoms with Crippen molar-refractivity contribution in [3.63, 3.8) is 0 Å². The summed E-state index contributed by atoms with van der Waals surface area (Å²) in [7, 11) is 1.20. The van der Waals surface area contributed by atoms with Crippen LogP contribution in [0, 0.1) is 11.7 Å². The van der Waals surface area contributed by atoms with E-state index in [0.29, 0.717) is 11.3 Å². The van der Waals surface area contributed by atoms with E-state index in [4.69, 9.17) is 4.84 Å². The van der Waals surface area contributed by atoms with Crippen LogP contribution in [0.3, 0.4) is 0 Å². The van der Waals surface area contributed by atoms with E-state index in [1.54, 1.807) is 0 Å². The zero-order valence-corrected chi connectivity index (χ0v) is 10.5. The number of aliphatic hydroxyl groups excluding tert-OH is 1. The third-order valence-corrected chi connectivity index (χ3v) is 3.13. The Bertz CT molecular complexity index is 472. The number of halogens is 1. The fraction of sp³-hybridized carbons (Fsp3) is 0.417. The van der Waals surface area contributed by atoms with Crippen LogP contribution in [0.5, 0.6) is 0 Å². The normalized spacial score (nSPS) is 23.7. The zero-order chi connectivity index (χ0) is 14.0. The first-order valence-corrected chi connectivity index (χ1v) is 5.97. The molecule has 19 heavy (non-hydrogen) atoms. The van der Waals surface area contributed by atoms with Crippen LogP contribution in [-0.4, -0.2) is 47.3 Å². The van der Waals surface area contributed by atoms with Crippen LogP contribution >= 0.6 is 0 Å². The number of benzene rings is 1. The van der Waals surface area contributed by atoms with Crippen LogP contribution in [0.4, 0.5) is 4.39 Å². The predicted molar refractivity (Wildman–Crippen MR) is 68.7 cm³/mol. The molecule has 1 aliphatic rings. The van der Waals surface area contributed by atoms with E-state index < -0.39 is 11.8 Å². The summed E-state index contributed by atoms with van der Waals surface area (Å²) in [5, 5.41) is 32.2. The van der Waals surface area contributed by atoms with Crippen molar-refractivity contribution in [2.45, 2.75) is 18.2 Å². The predicted octanol–water partition coefficient (Wildman–Crippen LogP) is -0.801. The maximum Gasteiger partial charge on any atom is 0.183 e. The van der Waals surface area contributed by atoms with E-state index in [-0.39, 0.29) is 24.8 Å². The van der Waals surface area contributed by atoms with Crippen molar-refractivity contribution in [3.8, 4) is 0 Å². The van der Waals surface area contributed by atoms with E-state index in [0.717, 1.165) is 0 Å². The minimum atomic E-state index is -2.02. The molecule has 0 aliphatic carbocycles. The molecule has 0 fully saturated rings. The Hall–Kier alpha value is -1.44. The summed E-state index contributed by atoms with van der Waals surface area (Å²) in [6.07, 6.45) is -0.690. The first-order chi connectivity index (χ1) is 8.91. The quantitative estimate of drug-likeness (QED) is 0.494. The molecule has 102 valence electrons. The lowest BCUT2D eigenvalue weighted by Crippen LogP contribution is -2.48. The summed E-state index contributed by atoms with van der Waals surface area (Å²) in [4.78, 5) is 5.05. The third-order valence-electron chi connectivity index (χ3n) is 3.13. The highest BCUT2D eigenvalue weighted by molar-refractivity contribution is 6.13. The fourth-order valence-electron chi connectivity index (χ4n) is 2.00. The summed E-state index contributed by atoms with van der Waals surface area (Å²) in [5.74, 6) is -0.749. The summed E-state index contributed by atoms with van der Waals surface area (Å²) >= 11 is 0. The number of nitrogens with zero attached hydrogens (tertiary/aromatic N) is 1. The second-order valence-electron chi connectivity index (χ2n) is 4.79. The number of hydrogen-bond acceptors (Lipinski definition) is 5. The van der Waals surface area contributed by atoms with Gasteiger partial charge in [0, 0.05) is 12.3 Å². The van der Waals surface area contributed by atoms with Crippen molar-refractivity contribution in [1.82, 2.24) is 0 Å². The van der Waals surface area contributed by atoms with Gasteiger partial charge in [0.1, 0.15) is 5.82 Å². The van der Waals surface area contributed by atoms with Crippen molar-refractivity contribution >= 4 is 13.6 Å². The monoisotopic (exact) mass is 267 g/mol. The molecule has 2 rings (SSSR count). The second kappa shape index (κ2) is 5.28. The van der Waals surface area contributed by atoms with Crippen LogP contribution in [0.25, 0.3) is 0 Å². The van der Waals surface area contributed by atoms with Gasteiger partial charge in [0.15, 0.2) is 19.6 Å². The lowest BCUT2D eigenvalue weighted by Gasteiger charge is -2.33. The van der Waals surface area contributed by atoms with Crippen molar-refractivity contribution in [2.24, 2.45) is 11.1 Å². The van der Waals surface area contributed by atoms with E-state index in [9.17, 15) is 19.7 Å². The molecule has 1 heterocycles. The Morgan fingerprint density at radius 1 is 1.37 bits per heavy atom. The van der Waals surface area contributed by atoms with Crippen molar-refractivity contribution in [2.75, 3.05) is 6.61 Å². The molecule has 0 bridgehead atoms. The third kappa shape index (κ3) is 3.12. The van der Waals surface area contributed by atoms with Gasteiger partial charge in [0.05, 0.1) is 12.3 Å². The van der Waals surface area contributed by atoms with Gasteiger partial charge in [0.25, 0.3) is 0 Å². The minimum Gasteiger partial charge on any atom is -0.396 e. The lowest BCUT2D eigenvalue weighted by molar-refractivity contribution is -0.188. The van der Waals surface area contributed by atoms with Crippen LogP contribution in [0.15, 0.2) is 29.4 Å². The molecule has 1 aliphatic heterocycles. The molecule has 3 N–H and O–H groups in total. The molecule has 0 amide bonds. The molecule has 1 aromatic carbocycles. The van der Waals surface area contributed by atoms with Gasteiger partial charge in [-0.1, -0.05) is 17.3 Å². The number of oxime groups is 1. The maximum atomic E-state index is 12.9. The molecular formula is C12H15BFNO4. The van der Waals surface area contributed by atoms with Crippen molar-refractivity contribution < 1.29 is 24.5 Å². The average molecular weight is 267 g/mol. The molecular weight excluding hydrogens is 252 g/mol. The van der Waals surface area contributed by atoms with Gasteiger partial charge >= 0.3 is 0 Å². The molecule has 0 radical (unpaired) electrons. The lowest BCUT2D eigenvalue weighted by atomic mass is 9.81. The number of rotatable bonds is 3. The summed E-state index contributed by atoms with van der Waals surface area (Å²) < 4.78 is 12.9. The molecule has 5 nitrogen and oxygen atoms in total. The average Bonchev–Trinajstić information content (AvgIpc) is 2.38. The smallest absolute Gasteiger partial charge is 0.183 e. The van der Waals surface area contributed by atoms with E-state index in [2.05, 4.69) is 5.16 Å². The topological polar surface area (TPSA) is 82.3 Å². The Labute approximate surface area is 110 Å². The summed E-state index contributed by atoms with van der Waals surface area (Å²) in [6, 6.07) is 5.66. The van der Waals surface area contributed by atoms with E-state index >= 15 is 0 Å². The van der Waals surface area contributed by atoms with Crippen LogP contribution in [0.1, 0.15) is 12.0 Å². The van der Waals surface area contributed by atoms with Crippen LogP contribution < -0.4 is 0 Å². The summed E-state index contributed by atoms with van der Waals surface area (Å²) in [6.45, 7) is -0.202. The highest BCUT2D eigenvalue weighted by atomic mass is 19.1. The second-order valence-corrected chi connectivity index (χ2v) is 4.79. The fourth-order valence-corrected chi connectivity index (χ4v) is 2.00. The first-order valence-electron chi connectivity index (χ1n) is 5.97. The largest absolute Gasteiger partial charge is 0.396 e. The molecule has 1 aromatic rings.